The van der Waals surface area contributed by atoms with Crippen LogP contribution in [0.2, 0.25) is 0 Å². The van der Waals surface area contributed by atoms with E-state index >= 15 is 0 Å². The second-order valence-corrected chi connectivity index (χ2v) is 6.95. The van der Waals surface area contributed by atoms with Gasteiger partial charge in [-0.25, -0.2) is 14.6 Å². The number of ether oxygens (including phenoxy) is 2. The lowest BCUT2D eigenvalue weighted by Crippen LogP contribution is -2.37. The number of carbonyl (C=O) groups is 3. The summed E-state index contributed by atoms with van der Waals surface area (Å²) in [5.41, 5.74) is 0.0342. The number of benzene rings is 1. The molecule has 2 aromatic rings. The number of nitrogens with zero attached hydrogens (tertiary/aromatic N) is 3. The number of nitro groups is 1. The fourth-order valence-corrected chi connectivity index (χ4v) is 3.56. The first kappa shape index (κ1) is 23.4. The lowest BCUT2D eigenvalue weighted by atomic mass is 9.80. The molecule has 1 N–H and O–H groups in total. The summed E-state index contributed by atoms with van der Waals surface area (Å²) in [7, 11) is 0. The van der Waals surface area contributed by atoms with Crippen molar-refractivity contribution in [3.63, 3.8) is 0 Å². The Labute approximate surface area is 188 Å². The largest absolute Gasteiger partial charge is 0.463 e. The van der Waals surface area contributed by atoms with E-state index in [0.29, 0.717) is 0 Å². The minimum Gasteiger partial charge on any atom is -0.463 e. The van der Waals surface area contributed by atoms with Crippen LogP contribution in [0.4, 0.5) is 5.69 Å². The maximum Gasteiger partial charge on any atom is 0.337 e. The lowest BCUT2D eigenvalue weighted by molar-refractivity contribution is -0.384. The number of nitrogens with one attached hydrogen (secondary N) is 1. The number of imidazole rings is 1. The third-order valence-electron chi connectivity index (χ3n) is 4.92. The molecule has 0 bridgehead atoms. The van der Waals surface area contributed by atoms with E-state index in [4.69, 9.17) is 9.47 Å². The van der Waals surface area contributed by atoms with E-state index in [1.165, 1.54) is 43.0 Å². The summed E-state index contributed by atoms with van der Waals surface area (Å²) in [6.07, 6.45) is 4.07. The van der Waals surface area contributed by atoms with Crippen molar-refractivity contribution in [1.82, 2.24) is 14.9 Å². The number of esters is 2. The first-order valence-corrected chi connectivity index (χ1v) is 10.1. The molecule has 0 saturated heterocycles. The number of aromatic nitrogens is 2. The molecule has 172 valence electrons. The van der Waals surface area contributed by atoms with Crippen LogP contribution in [0, 0.1) is 10.1 Å². The predicted octanol–water partition coefficient (Wildman–Crippen LogP) is 2.47. The van der Waals surface area contributed by atoms with Crippen molar-refractivity contribution < 1.29 is 28.8 Å². The maximum atomic E-state index is 13.2. The zero-order valence-corrected chi connectivity index (χ0v) is 18.2. The molecule has 0 fully saturated rings. The summed E-state index contributed by atoms with van der Waals surface area (Å²) in [6.45, 7) is 4.86. The van der Waals surface area contributed by atoms with Crippen molar-refractivity contribution in [2.24, 2.45) is 0 Å². The highest BCUT2D eigenvalue weighted by atomic mass is 16.6. The Hall–Kier alpha value is -4.28. The van der Waals surface area contributed by atoms with Gasteiger partial charge in [-0.05, 0) is 26.3 Å². The van der Waals surface area contributed by atoms with Gasteiger partial charge < -0.3 is 14.8 Å². The normalized spacial score (nSPS) is 15.7. The molecule has 1 aliphatic heterocycles. The van der Waals surface area contributed by atoms with Gasteiger partial charge in [0.05, 0.1) is 35.2 Å². The Morgan fingerprint density at radius 1 is 1.15 bits per heavy atom. The van der Waals surface area contributed by atoms with Gasteiger partial charge in [0.15, 0.2) is 0 Å². The summed E-state index contributed by atoms with van der Waals surface area (Å²) in [5.74, 6) is -3.34. The fraction of sp³-hybridized carbons (Fsp3) is 0.273. The van der Waals surface area contributed by atoms with Gasteiger partial charge in [-0.3, -0.25) is 19.5 Å². The average Bonchev–Trinajstić information content (AvgIpc) is 3.33. The van der Waals surface area contributed by atoms with Crippen LogP contribution in [0.3, 0.4) is 0 Å². The summed E-state index contributed by atoms with van der Waals surface area (Å²) in [6, 6.07) is 5.51. The van der Waals surface area contributed by atoms with Gasteiger partial charge in [0.2, 0.25) is 0 Å². The average molecular weight is 454 g/mol. The number of hydrogen-bond donors (Lipinski definition) is 1. The molecule has 0 spiro atoms. The Bertz CT molecular complexity index is 1170. The highest BCUT2D eigenvalue weighted by Crippen LogP contribution is 2.40. The van der Waals surface area contributed by atoms with Crippen molar-refractivity contribution in [2.45, 2.75) is 26.7 Å². The standard InChI is InChI=1S/C22H22N4O7/c1-4-32-21(28)16-13(3)24-19(20(27)25-10-9-23-12-25)18(22(29)33-5-2)17(16)14-7-6-8-15(11-14)26(30)31/h6-12,17,24H,4-5H2,1-3H3. The number of carbonyl (C=O) groups excluding carboxylic acids is 3. The second-order valence-electron chi connectivity index (χ2n) is 6.95. The topological polar surface area (TPSA) is 143 Å². The van der Waals surface area contributed by atoms with Gasteiger partial charge in [0.25, 0.3) is 11.6 Å². The third-order valence-corrected chi connectivity index (χ3v) is 4.92. The minimum absolute atomic E-state index is 0.00791. The smallest absolute Gasteiger partial charge is 0.337 e. The van der Waals surface area contributed by atoms with Crippen LogP contribution >= 0.6 is 0 Å². The van der Waals surface area contributed by atoms with Gasteiger partial charge >= 0.3 is 11.9 Å². The molecule has 0 aliphatic carbocycles. The van der Waals surface area contributed by atoms with Gasteiger partial charge in [-0.2, -0.15) is 0 Å². The first-order valence-electron chi connectivity index (χ1n) is 10.1. The summed E-state index contributed by atoms with van der Waals surface area (Å²) < 4.78 is 11.6. The molecule has 3 rings (SSSR count). The van der Waals surface area contributed by atoms with Crippen LogP contribution in [0.15, 0.2) is 65.5 Å². The SMILES string of the molecule is CCOC(=O)C1=C(C)NC(C(=O)n2ccnc2)=C(C(=O)OCC)C1c1cccc([N+](=O)[O-])c1. The van der Waals surface area contributed by atoms with Crippen LogP contribution < -0.4 is 5.32 Å². The van der Waals surface area contributed by atoms with Gasteiger partial charge in [0.1, 0.15) is 12.0 Å². The predicted molar refractivity (Wildman–Crippen MR) is 115 cm³/mol. The third kappa shape index (κ3) is 4.66. The van der Waals surface area contributed by atoms with E-state index in [1.807, 2.05) is 0 Å². The van der Waals surface area contributed by atoms with Crippen molar-refractivity contribution >= 4 is 23.5 Å². The van der Waals surface area contributed by atoms with E-state index in [-0.39, 0.29) is 47.0 Å². The highest BCUT2D eigenvalue weighted by molar-refractivity contribution is 6.08. The van der Waals surface area contributed by atoms with Crippen LogP contribution in [0.1, 0.15) is 37.0 Å². The van der Waals surface area contributed by atoms with E-state index in [9.17, 15) is 24.5 Å². The van der Waals surface area contributed by atoms with E-state index in [0.717, 1.165) is 4.57 Å². The summed E-state index contributed by atoms with van der Waals surface area (Å²) in [5, 5.41) is 14.2. The number of non-ortho nitro benzene ring substituents is 1. The van der Waals surface area contributed by atoms with Crippen LogP contribution in [0.25, 0.3) is 0 Å². The van der Waals surface area contributed by atoms with Gasteiger partial charge in [-0.15, -0.1) is 0 Å². The van der Waals surface area contributed by atoms with Crippen LogP contribution in [-0.2, 0) is 19.1 Å². The molecule has 1 aromatic heterocycles. The Balaban J connectivity index is 2.30. The van der Waals surface area contributed by atoms with Crippen molar-refractivity contribution in [3.8, 4) is 0 Å². The fourth-order valence-electron chi connectivity index (χ4n) is 3.56. The Morgan fingerprint density at radius 2 is 1.82 bits per heavy atom. The number of allylic oxidation sites excluding steroid dienone is 2. The van der Waals surface area contributed by atoms with E-state index < -0.39 is 28.7 Å². The van der Waals surface area contributed by atoms with E-state index in [1.54, 1.807) is 20.8 Å². The minimum atomic E-state index is -1.15. The molecular weight excluding hydrogens is 432 g/mol. The molecule has 1 aromatic carbocycles. The van der Waals surface area contributed by atoms with Crippen LogP contribution in [0.5, 0.6) is 0 Å². The number of hydrogen-bond acceptors (Lipinski definition) is 9. The maximum absolute atomic E-state index is 13.2. The molecule has 0 radical (unpaired) electrons. The molecule has 0 saturated carbocycles. The number of dihydropyridines is 1. The van der Waals surface area contributed by atoms with Gasteiger partial charge in [-0.1, -0.05) is 12.1 Å². The first-order chi connectivity index (χ1) is 15.8. The molecule has 1 atom stereocenters. The molecule has 2 heterocycles. The van der Waals surface area contributed by atoms with Crippen molar-refractivity contribution in [2.75, 3.05) is 13.2 Å². The molecule has 0 amide bonds. The monoisotopic (exact) mass is 454 g/mol. The molecule has 1 aliphatic rings. The molecule has 11 nitrogen and oxygen atoms in total. The molecule has 1 unspecified atom stereocenters. The Kier molecular flexibility index (Phi) is 7.01. The zero-order valence-electron chi connectivity index (χ0n) is 18.2. The second kappa shape index (κ2) is 9.90. The molecular formula is C22H22N4O7. The van der Waals surface area contributed by atoms with Crippen molar-refractivity contribution in [3.05, 3.63) is 81.2 Å². The highest BCUT2D eigenvalue weighted by Gasteiger charge is 2.41. The van der Waals surface area contributed by atoms with Gasteiger partial charge in [0, 0.05) is 30.2 Å². The molecule has 33 heavy (non-hydrogen) atoms. The summed E-state index contributed by atoms with van der Waals surface area (Å²) in [4.78, 5) is 53.9. The number of rotatable bonds is 7. The summed E-state index contributed by atoms with van der Waals surface area (Å²) >= 11 is 0. The lowest BCUT2D eigenvalue weighted by Gasteiger charge is -2.30. The van der Waals surface area contributed by atoms with Crippen LogP contribution in [-0.4, -0.2) is 45.5 Å². The van der Waals surface area contributed by atoms with Crippen molar-refractivity contribution in [1.29, 1.82) is 0 Å². The quantitative estimate of drug-likeness (QED) is 0.379. The zero-order chi connectivity index (χ0) is 24.1. The number of nitro benzene ring substituents is 1. The van der Waals surface area contributed by atoms with E-state index in [2.05, 4.69) is 10.3 Å². The molecule has 11 heteroatoms. The Morgan fingerprint density at radius 3 is 2.39 bits per heavy atom.